The van der Waals surface area contributed by atoms with E-state index in [9.17, 15) is 13.6 Å². The van der Waals surface area contributed by atoms with Crippen LogP contribution in [0.25, 0.3) is 0 Å². The maximum Gasteiger partial charge on any atom is 0.387 e. The second-order valence-electron chi connectivity index (χ2n) is 4.08. The lowest BCUT2D eigenvalue weighted by atomic mass is 10.0. The Morgan fingerprint density at radius 2 is 1.71 bits per heavy atom. The number of hydrogen-bond acceptors (Lipinski definition) is 3. The molecule has 0 bridgehead atoms. The van der Waals surface area contributed by atoms with Crippen molar-refractivity contribution in [3.8, 4) is 11.5 Å². The lowest BCUT2D eigenvalue weighted by Gasteiger charge is -2.07. The van der Waals surface area contributed by atoms with Crippen molar-refractivity contribution in [3.63, 3.8) is 0 Å². The van der Waals surface area contributed by atoms with Gasteiger partial charge in [-0.2, -0.15) is 8.78 Å². The first-order valence-corrected chi connectivity index (χ1v) is 6.32. The summed E-state index contributed by atoms with van der Waals surface area (Å²) in [5.41, 5.74) is 0.723. The molecule has 0 fully saturated rings. The van der Waals surface area contributed by atoms with Gasteiger partial charge in [0.2, 0.25) is 0 Å². The van der Waals surface area contributed by atoms with Gasteiger partial charge in [0.05, 0.1) is 12.1 Å². The molecule has 0 atom stereocenters. The molecular formula is C15H11ClF2O3. The van der Waals surface area contributed by atoms with Gasteiger partial charge in [-0.15, -0.1) is 0 Å². The van der Waals surface area contributed by atoms with Crippen LogP contribution in [0.5, 0.6) is 11.5 Å². The summed E-state index contributed by atoms with van der Waals surface area (Å²) < 4.78 is 33.3. The molecule has 0 unspecified atom stereocenters. The van der Waals surface area contributed by atoms with Crippen molar-refractivity contribution in [3.05, 3.63) is 58.6 Å². The van der Waals surface area contributed by atoms with Gasteiger partial charge in [0.15, 0.2) is 5.78 Å². The smallest absolute Gasteiger partial charge is 0.387 e. The summed E-state index contributed by atoms with van der Waals surface area (Å²) in [5, 5.41) is 0.320. The Labute approximate surface area is 125 Å². The summed E-state index contributed by atoms with van der Waals surface area (Å²) in [4.78, 5) is 12.2. The zero-order chi connectivity index (χ0) is 15.4. The van der Waals surface area contributed by atoms with Crippen molar-refractivity contribution in [2.45, 2.75) is 6.61 Å². The van der Waals surface area contributed by atoms with Crippen LogP contribution in [-0.4, -0.2) is 19.5 Å². The van der Waals surface area contributed by atoms with E-state index in [1.807, 2.05) is 0 Å². The van der Waals surface area contributed by atoms with E-state index in [1.165, 1.54) is 37.4 Å². The average Bonchev–Trinajstić information content (AvgIpc) is 2.46. The van der Waals surface area contributed by atoms with Gasteiger partial charge in [-0.25, -0.2) is 0 Å². The Morgan fingerprint density at radius 1 is 1.10 bits per heavy atom. The summed E-state index contributed by atoms with van der Waals surface area (Å²) in [6.45, 7) is -2.90. The van der Waals surface area contributed by atoms with E-state index in [0.717, 1.165) is 0 Å². The van der Waals surface area contributed by atoms with E-state index in [0.29, 0.717) is 21.9 Å². The minimum atomic E-state index is -2.90. The van der Waals surface area contributed by atoms with Gasteiger partial charge >= 0.3 is 6.61 Å². The quantitative estimate of drug-likeness (QED) is 0.777. The zero-order valence-electron chi connectivity index (χ0n) is 11.0. The lowest BCUT2D eigenvalue weighted by molar-refractivity contribution is -0.0498. The van der Waals surface area contributed by atoms with Crippen LogP contribution in [0.2, 0.25) is 5.02 Å². The molecule has 2 rings (SSSR count). The molecule has 0 spiro atoms. The molecule has 0 amide bonds. The van der Waals surface area contributed by atoms with Gasteiger partial charge in [0, 0.05) is 11.1 Å². The monoisotopic (exact) mass is 312 g/mol. The molecule has 6 heteroatoms. The first kappa shape index (κ1) is 15.3. The standard InChI is InChI=1S/C15H11ClF2O3/c1-20-13-7-4-10(8-12(13)16)14(19)9-2-5-11(6-3-9)21-15(17)18/h2-8,15H,1H3. The molecule has 0 heterocycles. The largest absolute Gasteiger partial charge is 0.495 e. The van der Waals surface area contributed by atoms with Crippen LogP contribution in [-0.2, 0) is 0 Å². The SMILES string of the molecule is COc1ccc(C(=O)c2ccc(OC(F)F)cc2)cc1Cl. The van der Waals surface area contributed by atoms with Gasteiger partial charge < -0.3 is 9.47 Å². The van der Waals surface area contributed by atoms with Crippen LogP contribution in [0.15, 0.2) is 42.5 Å². The highest BCUT2D eigenvalue weighted by atomic mass is 35.5. The Kier molecular flexibility index (Phi) is 4.75. The Hall–Kier alpha value is -2.14. The molecular weight excluding hydrogens is 302 g/mol. The molecule has 0 aliphatic heterocycles. The van der Waals surface area contributed by atoms with Crippen LogP contribution in [0.4, 0.5) is 8.78 Å². The second-order valence-corrected chi connectivity index (χ2v) is 4.49. The van der Waals surface area contributed by atoms with Crippen molar-refractivity contribution in [1.29, 1.82) is 0 Å². The fourth-order valence-corrected chi connectivity index (χ4v) is 2.02. The number of hydrogen-bond donors (Lipinski definition) is 0. The summed E-state index contributed by atoms with van der Waals surface area (Å²) in [7, 11) is 1.48. The molecule has 21 heavy (non-hydrogen) atoms. The minimum Gasteiger partial charge on any atom is -0.495 e. The topological polar surface area (TPSA) is 35.5 Å². The van der Waals surface area contributed by atoms with Gasteiger partial charge in [0.1, 0.15) is 11.5 Å². The molecule has 0 saturated heterocycles. The van der Waals surface area contributed by atoms with Crippen molar-refractivity contribution in [2.24, 2.45) is 0 Å². The normalized spacial score (nSPS) is 10.5. The number of rotatable bonds is 5. The van der Waals surface area contributed by atoms with Crippen LogP contribution < -0.4 is 9.47 Å². The summed E-state index contributed by atoms with van der Waals surface area (Å²) in [6.07, 6.45) is 0. The maximum atomic E-state index is 12.2. The van der Waals surface area contributed by atoms with E-state index in [1.54, 1.807) is 12.1 Å². The van der Waals surface area contributed by atoms with Gasteiger partial charge in [-0.05, 0) is 42.5 Å². The highest BCUT2D eigenvalue weighted by molar-refractivity contribution is 6.32. The summed E-state index contributed by atoms with van der Waals surface area (Å²) in [5.74, 6) is 0.186. The third kappa shape index (κ3) is 3.70. The van der Waals surface area contributed by atoms with Crippen LogP contribution in [0.1, 0.15) is 15.9 Å². The molecule has 0 aliphatic rings. The van der Waals surface area contributed by atoms with Crippen LogP contribution in [0.3, 0.4) is 0 Å². The third-order valence-electron chi connectivity index (χ3n) is 2.76. The van der Waals surface area contributed by atoms with Crippen LogP contribution >= 0.6 is 11.6 Å². The number of alkyl halides is 2. The fourth-order valence-electron chi connectivity index (χ4n) is 1.76. The highest BCUT2D eigenvalue weighted by Gasteiger charge is 2.12. The molecule has 2 aromatic rings. The van der Waals surface area contributed by atoms with Crippen molar-refractivity contribution < 1.29 is 23.0 Å². The van der Waals surface area contributed by atoms with E-state index in [4.69, 9.17) is 16.3 Å². The number of methoxy groups -OCH3 is 1. The molecule has 2 aromatic carbocycles. The molecule has 0 aliphatic carbocycles. The third-order valence-corrected chi connectivity index (χ3v) is 3.05. The summed E-state index contributed by atoms with van der Waals surface area (Å²) >= 11 is 5.96. The Morgan fingerprint density at radius 3 is 2.24 bits per heavy atom. The number of ketones is 1. The Balaban J connectivity index is 2.21. The van der Waals surface area contributed by atoms with Gasteiger partial charge in [-0.3, -0.25) is 4.79 Å². The number of carbonyl (C=O) groups is 1. The number of ether oxygens (including phenoxy) is 2. The molecule has 0 N–H and O–H groups in total. The minimum absolute atomic E-state index is 0.00527. The Bertz CT molecular complexity index is 642. The number of benzene rings is 2. The van der Waals surface area contributed by atoms with E-state index in [-0.39, 0.29) is 11.5 Å². The summed E-state index contributed by atoms with van der Waals surface area (Å²) in [6, 6.07) is 10.1. The van der Waals surface area contributed by atoms with Crippen molar-refractivity contribution in [2.75, 3.05) is 7.11 Å². The van der Waals surface area contributed by atoms with Gasteiger partial charge in [-0.1, -0.05) is 11.6 Å². The van der Waals surface area contributed by atoms with E-state index in [2.05, 4.69) is 4.74 Å². The molecule has 0 aromatic heterocycles. The molecule has 110 valence electrons. The first-order valence-electron chi connectivity index (χ1n) is 5.94. The van der Waals surface area contributed by atoms with Crippen molar-refractivity contribution in [1.82, 2.24) is 0 Å². The number of carbonyl (C=O) groups excluding carboxylic acids is 1. The number of halogens is 3. The van der Waals surface area contributed by atoms with Crippen molar-refractivity contribution >= 4 is 17.4 Å². The lowest BCUT2D eigenvalue weighted by Crippen LogP contribution is -2.04. The predicted octanol–water partition coefficient (Wildman–Crippen LogP) is 4.18. The van der Waals surface area contributed by atoms with E-state index >= 15 is 0 Å². The molecule has 3 nitrogen and oxygen atoms in total. The predicted molar refractivity (Wildman–Crippen MR) is 74.5 cm³/mol. The average molecular weight is 313 g/mol. The highest BCUT2D eigenvalue weighted by Crippen LogP contribution is 2.26. The van der Waals surface area contributed by atoms with E-state index < -0.39 is 6.61 Å². The van der Waals surface area contributed by atoms with Crippen LogP contribution in [0, 0.1) is 0 Å². The molecule has 0 radical (unpaired) electrons. The second kappa shape index (κ2) is 6.54. The maximum absolute atomic E-state index is 12.2. The fraction of sp³-hybridized carbons (Fsp3) is 0.133. The first-order chi connectivity index (χ1) is 10.0. The molecule has 0 saturated carbocycles. The van der Waals surface area contributed by atoms with Gasteiger partial charge in [0.25, 0.3) is 0 Å². The zero-order valence-corrected chi connectivity index (χ0v) is 11.7.